The number of hydrogen-bond acceptors (Lipinski definition) is 5. The van der Waals surface area contributed by atoms with E-state index >= 15 is 0 Å². The number of aromatic nitrogens is 2. The molecule has 4 rings (SSSR count). The van der Waals surface area contributed by atoms with E-state index in [4.69, 9.17) is 8.94 Å². The molecule has 3 heterocycles. The Morgan fingerprint density at radius 3 is 2.79 bits per heavy atom. The van der Waals surface area contributed by atoms with Gasteiger partial charge < -0.3 is 13.8 Å². The Hall–Kier alpha value is -2.62. The molecular weight excluding hydrogens is 443 g/mol. The molecule has 0 N–H and O–H groups in total. The molecule has 146 valence electrons. The quantitative estimate of drug-likeness (QED) is 0.573. The predicted molar refractivity (Wildman–Crippen MR) is 93.9 cm³/mol. The van der Waals surface area contributed by atoms with E-state index in [1.807, 2.05) is 0 Å². The highest BCUT2D eigenvalue weighted by Crippen LogP contribution is 2.32. The van der Waals surface area contributed by atoms with Crippen LogP contribution in [0.15, 0.2) is 50.0 Å². The van der Waals surface area contributed by atoms with Crippen LogP contribution >= 0.6 is 15.9 Å². The molecule has 1 aliphatic rings. The maximum atomic E-state index is 12.9. The number of rotatable bonds is 4. The van der Waals surface area contributed by atoms with Crippen molar-refractivity contribution >= 4 is 21.8 Å². The van der Waals surface area contributed by atoms with Crippen LogP contribution in [0.4, 0.5) is 13.2 Å². The molecule has 0 radical (unpaired) electrons. The Morgan fingerprint density at radius 1 is 1.25 bits per heavy atom. The second-order valence-corrected chi connectivity index (χ2v) is 7.22. The lowest BCUT2D eigenvalue weighted by Crippen LogP contribution is -2.24. The third-order valence-electron chi connectivity index (χ3n) is 4.43. The van der Waals surface area contributed by atoms with Crippen LogP contribution in [0.25, 0.3) is 11.7 Å². The average molecular weight is 456 g/mol. The van der Waals surface area contributed by atoms with Crippen molar-refractivity contribution in [2.24, 2.45) is 0 Å². The van der Waals surface area contributed by atoms with E-state index in [0.717, 1.165) is 12.1 Å². The van der Waals surface area contributed by atoms with Crippen molar-refractivity contribution in [1.29, 1.82) is 0 Å². The number of furan rings is 1. The van der Waals surface area contributed by atoms with Crippen LogP contribution in [-0.2, 0) is 17.5 Å². The molecule has 3 aromatic rings. The molecular formula is C18H13BrF3N3O3. The fraction of sp³-hybridized carbons (Fsp3) is 0.278. The second kappa shape index (κ2) is 7.08. The van der Waals surface area contributed by atoms with Crippen LogP contribution in [0.1, 0.15) is 29.3 Å². The molecule has 1 atom stereocenters. The Balaban J connectivity index is 1.47. The second-order valence-electron chi connectivity index (χ2n) is 6.43. The first kappa shape index (κ1) is 18.7. The standard InChI is InChI=1S/C18H13BrF3N3O3/c19-14-5-4-13(27-14)17-23-16(24-28-17)11-7-15(26)25(9-11)8-10-2-1-3-12(6-10)18(20,21)22/h1-6,11H,7-9H2. The summed E-state index contributed by atoms with van der Waals surface area (Å²) in [4.78, 5) is 18.1. The third kappa shape index (κ3) is 3.82. The first-order chi connectivity index (χ1) is 13.3. The summed E-state index contributed by atoms with van der Waals surface area (Å²) >= 11 is 3.19. The van der Waals surface area contributed by atoms with Gasteiger partial charge in [0.05, 0.1) is 5.56 Å². The minimum absolute atomic E-state index is 0.0924. The zero-order chi connectivity index (χ0) is 19.9. The summed E-state index contributed by atoms with van der Waals surface area (Å²) in [6, 6.07) is 8.32. The van der Waals surface area contributed by atoms with E-state index in [2.05, 4.69) is 26.1 Å². The fourth-order valence-corrected chi connectivity index (χ4v) is 3.40. The molecule has 1 fully saturated rings. The van der Waals surface area contributed by atoms with Crippen molar-refractivity contribution in [2.45, 2.75) is 25.1 Å². The molecule has 1 unspecified atom stereocenters. The number of nitrogens with zero attached hydrogens (tertiary/aromatic N) is 3. The van der Waals surface area contributed by atoms with Crippen molar-refractivity contribution in [2.75, 3.05) is 6.54 Å². The highest BCUT2D eigenvalue weighted by Gasteiger charge is 2.35. The van der Waals surface area contributed by atoms with E-state index in [9.17, 15) is 18.0 Å². The van der Waals surface area contributed by atoms with Crippen LogP contribution in [0, 0.1) is 0 Å². The number of amides is 1. The molecule has 1 aromatic carbocycles. The molecule has 6 nitrogen and oxygen atoms in total. The Morgan fingerprint density at radius 2 is 2.07 bits per heavy atom. The van der Waals surface area contributed by atoms with Gasteiger partial charge in [-0.3, -0.25) is 4.79 Å². The van der Waals surface area contributed by atoms with Crippen molar-refractivity contribution in [3.8, 4) is 11.7 Å². The summed E-state index contributed by atoms with van der Waals surface area (Å²) in [5.41, 5.74) is -0.321. The van der Waals surface area contributed by atoms with Crippen LogP contribution in [0.2, 0.25) is 0 Å². The number of halogens is 4. The molecule has 1 aliphatic heterocycles. The zero-order valence-corrected chi connectivity index (χ0v) is 15.8. The molecule has 10 heteroatoms. The first-order valence-electron chi connectivity index (χ1n) is 8.33. The minimum atomic E-state index is -4.42. The molecule has 1 saturated heterocycles. The van der Waals surface area contributed by atoms with Crippen LogP contribution in [0.3, 0.4) is 0 Å². The lowest BCUT2D eigenvalue weighted by molar-refractivity contribution is -0.137. The van der Waals surface area contributed by atoms with Gasteiger partial charge in [-0.15, -0.1) is 0 Å². The van der Waals surface area contributed by atoms with Gasteiger partial charge in [0.25, 0.3) is 5.89 Å². The van der Waals surface area contributed by atoms with E-state index < -0.39 is 11.7 Å². The van der Waals surface area contributed by atoms with Gasteiger partial charge in [0.1, 0.15) is 0 Å². The molecule has 0 saturated carbocycles. The highest BCUT2D eigenvalue weighted by atomic mass is 79.9. The van der Waals surface area contributed by atoms with Crippen molar-refractivity contribution in [3.63, 3.8) is 0 Å². The number of alkyl halides is 3. The maximum Gasteiger partial charge on any atom is 0.416 e. The summed E-state index contributed by atoms with van der Waals surface area (Å²) in [7, 11) is 0. The summed E-state index contributed by atoms with van der Waals surface area (Å²) in [6.07, 6.45) is -4.25. The molecule has 1 amide bonds. The normalized spacial score (nSPS) is 17.5. The SMILES string of the molecule is O=C1CC(c2noc(-c3ccc(Br)o3)n2)CN1Cc1cccc(C(F)(F)F)c1. The van der Waals surface area contributed by atoms with Crippen LogP contribution in [-0.4, -0.2) is 27.5 Å². The van der Waals surface area contributed by atoms with Gasteiger partial charge in [-0.05, 0) is 45.8 Å². The Bertz CT molecular complexity index is 1010. The average Bonchev–Trinajstić information content (AvgIpc) is 3.35. The maximum absolute atomic E-state index is 12.9. The van der Waals surface area contributed by atoms with E-state index in [1.165, 1.54) is 11.0 Å². The molecule has 0 bridgehead atoms. The zero-order valence-electron chi connectivity index (χ0n) is 14.2. The van der Waals surface area contributed by atoms with Crippen LogP contribution < -0.4 is 0 Å². The van der Waals surface area contributed by atoms with E-state index in [0.29, 0.717) is 28.4 Å². The van der Waals surface area contributed by atoms with Gasteiger partial charge in [0.2, 0.25) is 5.91 Å². The summed E-state index contributed by atoms with van der Waals surface area (Å²) in [6.45, 7) is 0.394. The van der Waals surface area contributed by atoms with Crippen LogP contribution in [0.5, 0.6) is 0 Å². The molecule has 2 aromatic heterocycles. The largest absolute Gasteiger partial charge is 0.444 e. The van der Waals surface area contributed by atoms with Crippen molar-refractivity contribution in [3.05, 3.63) is 58.0 Å². The molecule has 28 heavy (non-hydrogen) atoms. The lowest BCUT2D eigenvalue weighted by atomic mass is 10.1. The number of likely N-dealkylation sites (tertiary alicyclic amines) is 1. The third-order valence-corrected chi connectivity index (χ3v) is 4.86. The Labute approximate surface area is 165 Å². The summed E-state index contributed by atoms with van der Waals surface area (Å²) in [5, 5.41) is 3.92. The number of carbonyl (C=O) groups excluding carboxylic acids is 1. The minimum Gasteiger partial charge on any atom is -0.444 e. The van der Waals surface area contributed by atoms with Gasteiger partial charge >= 0.3 is 6.18 Å². The number of carbonyl (C=O) groups is 1. The topological polar surface area (TPSA) is 72.4 Å². The first-order valence-corrected chi connectivity index (χ1v) is 9.12. The predicted octanol–water partition coefficient (Wildman–Crippen LogP) is 4.63. The monoisotopic (exact) mass is 455 g/mol. The smallest absolute Gasteiger partial charge is 0.416 e. The number of hydrogen-bond donors (Lipinski definition) is 0. The molecule has 0 aliphatic carbocycles. The van der Waals surface area contributed by atoms with Gasteiger partial charge in [-0.25, -0.2) is 0 Å². The van der Waals surface area contributed by atoms with E-state index in [1.54, 1.807) is 18.2 Å². The van der Waals surface area contributed by atoms with Crippen molar-refractivity contribution < 1.29 is 26.9 Å². The van der Waals surface area contributed by atoms with Gasteiger partial charge in [0, 0.05) is 25.4 Å². The molecule has 0 spiro atoms. The summed E-state index contributed by atoms with van der Waals surface area (Å²) in [5.74, 6) is 0.492. The highest BCUT2D eigenvalue weighted by molar-refractivity contribution is 9.10. The van der Waals surface area contributed by atoms with Crippen molar-refractivity contribution in [1.82, 2.24) is 15.0 Å². The fourth-order valence-electron chi connectivity index (χ4n) is 3.09. The lowest BCUT2D eigenvalue weighted by Gasteiger charge is -2.17. The number of benzene rings is 1. The summed E-state index contributed by atoms with van der Waals surface area (Å²) < 4.78 is 49.7. The van der Waals surface area contributed by atoms with E-state index in [-0.39, 0.29) is 30.7 Å². The van der Waals surface area contributed by atoms with Gasteiger partial charge in [-0.2, -0.15) is 18.2 Å². The van der Waals surface area contributed by atoms with Gasteiger partial charge in [0.15, 0.2) is 16.3 Å². The van der Waals surface area contributed by atoms with Gasteiger partial charge in [-0.1, -0.05) is 17.3 Å². The Kier molecular flexibility index (Phi) is 4.74.